The van der Waals surface area contributed by atoms with E-state index in [2.05, 4.69) is 16.0 Å². The molecule has 2 aromatic rings. The van der Waals surface area contributed by atoms with Gasteiger partial charge in [0.25, 0.3) is 0 Å². The molecule has 1 saturated carbocycles. The lowest BCUT2D eigenvalue weighted by molar-refractivity contribution is -0.142. The quantitative estimate of drug-likeness (QED) is 0.497. The average molecular weight is 470 g/mol. The first-order valence-corrected chi connectivity index (χ1v) is 11.7. The van der Waals surface area contributed by atoms with Crippen LogP contribution in [0, 0.1) is 11.7 Å². The van der Waals surface area contributed by atoms with E-state index in [0.717, 1.165) is 5.56 Å². The molecule has 9 heteroatoms. The van der Waals surface area contributed by atoms with E-state index in [-0.39, 0.29) is 42.7 Å². The fourth-order valence-electron chi connectivity index (χ4n) is 4.67. The minimum absolute atomic E-state index is 0.0496. The Bertz CT molecular complexity index is 1080. The third-order valence-electron chi connectivity index (χ3n) is 6.58. The highest BCUT2D eigenvalue weighted by Gasteiger charge is 2.46. The van der Waals surface area contributed by atoms with Gasteiger partial charge in [0.15, 0.2) is 0 Å². The number of hydrogen-bond donors (Lipinski definition) is 4. The summed E-state index contributed by atoms with van der Waals surface area (Å²) in [5.74, 6) is 0.607. The molecule has 4 atom stereocenters. The van der Waals surface area contributed by atoms with Crippen molar-refractivity contribution in [2.24, 2.45) is 5.92 Å². The highest BCUT2D eigenvalue weighted by Crippen LogP contribution is 2.47. The van der Waals surface area contributed by atoms with Crippen LogP contribution in [-0.4, -0.2) is 48.5 Å². The van der Waals surface area contributed by atoms with E-state index in [1.165, 1.54) is 25.0 Å². The second-order valence-corrected chi connectivity index (χ2v) is 9.17. The molecule has 2 heterocycles. The van der Waals surface area contributed by atoms with Crippen molar-refractivity contribution in [1.82, 2.24) is 5.32 Å². The predicted octanol–water partition coefficient (Wildman–Crippen LogP) is 3.38. The molecule has 3 amide bonds. The number of para-hydroxylation sites is 1. The number of halogens is 1. The molecular weight excluding hydrogens is 441 g/mol. The van der Waals surface area contributed by atoms with Gasteiger partial charge in [0.05, 0.1) is 24.8 Å². The summed E-state index contributed by atoms with van der Waals surface area (Å²) >= 11 is 0. The fourth-order valence-corrected chi connectivity index (χ4v) is 4.67. The number of fused-ring (bicyclic) bond motifs is 3. The van der Waals surface area contributed by atoms with Crippen molar-refractivity contribution in [1.29, 1.82) is 0 Å². The van der Waals surface area contributed by atoms with Gasteiger partial charge < -0.3 is 30.5 Å². The minimum atomic E-state index is -0.564. The van der Waals surface area contributed by atoms with Crippen molar-refractivity contribution < 1.29 is 28.6 Å². The van der Waals surface area contributed by atoms with Crippen LogP contribution in [0.3, 0.4) is 0 Å². The van der Waals surface area contributed by atoms with Crippen LogP contribution in [-0.2, 0) is 9.53 Å². The Hall–Kier alpha value is -3.17. The van der Waals surface area contributed by atoms with Gasteiger partial charge in [-0.05, 0) is 55.5 Å². The van der Waals surface area contributed by atoms with Crippen LogP contribution in [0.15, 0.2) is 42.5 Å². The van der Waals surface area contributed by atoms with E-state index in [4.69, 9.17) is 9.47 Å². The monoisotopic (exact) mass is 469 g/mol. The molecule has 0 spiro atoms. The normalized spacial score (nSPS) is 25.0. The molecule has 1 saturated heterocycles. The second-order valence-electron chi connectivity index (χ2n) is 9.17. The summed E-state index contributed by atoms with van der Waals surface area (Å²) in [5, 5.41) is 18.1. The molecule has 0 aromatic heterocycles. The number of benzene rings is 2. The van der Waals surface area contributed by atoms with Gasteiger partial charge in [-0.1, -0.05) is 12.1 Å². The number of aliphatic hydroxyl groups excluding tert-OH is 1. The first-order valence-electron chi connectivity index (χ1n) is 11.7. The Kier molecular flexibility index (Phi) is 6.38. The smallest absolute Gasteiger partial charge is 0.323 e. The molecule has 180 valence electrons. The Morgan fingerprint density at radius 1 is 1.12 bits per heavy atom. The molecular formula is C25H28FN3O5. The number of nitrogens with one attached hydrogen (secondary N) is 3. The van der Waals surface area contributed by atoms with Crippen LogP contribution in [0.1, 0.15) is 37.2 Å². The maximum atomic E-state index is 13.8. The number of rotatable bonds is 7. The van der Waals surface area contributed by atoms with E-state index >= 15 is 0 Å². The van der Waals surface area contributed by atoms with Crippen LogP contribution in [0.5, 0.6) is 5.75 Å². The first kappa shape index (κ1) is 22.6. The van der Waals surface area contributed by atoms with Crippen LogP contribution in [0.2, 0.25) is 0 Å². The fraction of sp³-hybridized carbons (Fsp3) is 0.440. The number of ether oxygens (including phenoxy) is 2. The molecule has 1 aliphatic carbocycles. The maximum Gasteiger partial charge on any atom is 0.323 e. The van der Waals surface area contributed by atoms with Gasteiger partial charge in [-0.3, -0.25) is 4.79 Å². The molecule has 2 aromatic carbocycles. The van der Waals surface area contributed by atoms with Crippen LogP contribution in [0.25, 0.3) is 0 Å². The van der Waals surface area contributed by atoms with E-state index < -0.39 is 18.0 Å². The Morgan fingerprint density at radius 3 is 2.71 bits per heavy atom. The number of aliphatic hydroxyl groups is 1. The van der Waals surface area contributed by atoms with Crippen LogP contribution in [0.4, 0.5) is 20.6 Å². The van der Waals surface area contributed by atoms with Gasteiger partial charge >= 0.3 is 6.03 Å². The van der Waals surface area contributed by atoms with Gasteiger partial charge in [-0.15, -0.1) is 0 Å². The number of carbonyl (C=O) groups excluding carboxylic acids is 2. The third-order valence-corrected chi connectivity index (χ3v) is 6.58. The van der Waals surface area contributed by atoms with Crippen molar-refractivity contribution in [2.45, 2.75) is 49.9 Å². The lowest BCUT2D eigenvalue weighted by Gasteiger charge is -2.37. The van der Waals surface area contributed by atoms with Crippen molar-refractivity contribution >= 4 is 23.3 Å². The summed E-state index contributed by atoms with van der Waals surface area (Å²) in [4.78, 5) is 24.7. The van der Waals surface area contributed by atoms with Crippen molar-refractivity contribution in [3.8, 4) is 5.75 Å². The predicted molar refractivity (Wildman–Crippen MR) is 123 cm³/mol. The zero-order chi connectivity index (χ0) is 23.7. The van der Waals surface area contributed by atoms with Gasteiger partial charge in [-0.25, -0.2) is 9.18 Å². The summed E-state index contributed by atoms with van der Waals surface area (Å²) in [6, 6.07) is 10.7. The summed E-state index contributed by atoms with van der Waals surface area (Å²) in [6.45, 7) is 0.489. The zero-order valence-corrected chi connectivity index (χ0v) is 18.6. The molecule has 5 rings (SSSR count). The highest BCUT2D eigenvalue weighted by atomic mass is 19.1. The lowest BCUT2D eigenvalue weighted by atomic mass is 9.84. The largest absolute Gasteiger partial charge is 0.487 e. The van der Waals surface area contributed by atoms with Crippen molar-refractivity contribution in [2.75, 3.05) is 23.8 Å². The number of hydrogen-bond acceptors (Lipinski definition) is 5. The Labute approximate surface area is 196 Å². The molecule has 2 aliphatic heterocycles. The number of amides is 3. The molecule has 2 fully saturated rings. The maximum absolute atomic E-state index is 13.8. The summed E-state index contributed by atoms with van der Waals surface area (Å²) in [7, 11) is 0. The number of anilines is 2. The lowest BCUT2D eigenvalue weighted by Crippen LogP contribution is -2.47. The molecule has 34 heavy (non-hydrogen) atoms. The number of carbonyl (C=O) groups is 2. The number of urea groups is 1. The summed E-state index contributed by atoms with van der Waals surface area (Å²) < 4.78 is 25.9. The van der Waals surface area contributed by atoms with Gasteiger partial charge in [0, 0.05) is 23.7 Å². The topological polar surface area (TPSA) is 109 Å². The molecule has 0 bridgehead atoms. The van der Waals surface area contributed by atoms with E-state index in [1.54, 1.807) is 24.3 Å². The van der Waals surface area contributed by atoms with Crippen molar-refractivity contribution in [3.63, 3.8) is 0 Å². The Morgan fingerprint density at radius 2 is 1.94 bits per heavy atom. The molecule has 8 nitrogen and oxygen atoms in total. The van der Waals surface area contributed by atoms with Crippen molar-refractivity contribution in [3.05, 3.63) is 53.8 Å². The summed E-state index contributed by atoms with van der Waals surface area (Å²) in [6.07, 6.45) is 1.87. The SMILES string of the molecule is O=C(C[C@H]1C[C@H]2c3cc(NC(=O)Nc4ccccc4F)ccc3O[C@H]2[C@@H](CO)O1)NCC1CC1. The second kappa shape index (κ2) is 9.60. The van der Waals surface area contributed by atoms with Crippen LogP contribution < -0.4 is 20.7 Å². The van der Waals surface area contributed by atoms with E-state index in [0.29, 0.717) is 30.3 Å². The molecule has 4 N–H and O–H groups in total. The zero-order valence-electron chi connectivity index (χ0n) is 18.6. The van der Waals surface area contributed by atoms with Crippen LogP contribution >= 0.6 is 0 Å². The first-order chi connectivity index (χ1) is 16.5. The van der Waals surface area contributed by atoms with Gasteiger partial charge in [-0.2, -0.15) is 0 Å². The third kappa shape index (κ3) is 5.00. The summed E-state index contributed by atoms with van der Waals surface area (Å²) in [5.41, 5.74) is 1.50. The minimum Gasteiger partial charge on any atom is -0.487 e. The van der Waals surface area contributed by atoms with Gasteiger partial charge in [0.2, 0.25) is 5.91 Å². The standard InChI is InChI=1S/C25H28FN3O5/c26-19-3-1-2-4-20(19)29-25(32)28-15-7-8-21-17(9-15)18-10-16(33-22(13-30)24(18)34-21)11-23(31)27-12-14-5-6-14/h1-4,7-9,14,16,18,22,24,30H,5-6,10-13H2,(H,27,31)(H2,28,29,32)/t16-,18+,22-,24-/m1/s1. The molecule has 0 radical (unpaired) electrons. The molecule has 3 aliphatic rings. The highest BCUT2D eigenvalue weighted by molar-refractivity contribution is 5.99. The molecule has 0 unspecified atom stereocenters. The van der Waals surface area contributed by atoms with E-state index in [1.807, 2.05) is 6.07 Å². The van der Waals surface area contributed by atoms with E-state index in [9.17, 15) is 19.1 Å². The Balaban J connectivity index is 1.26. The van der Waals surface area contributed by atoms with Gasteiger partial charge in [0.1, 0.15) is 23.8 Å². The average Bonchev–Trinajstić information content (AvgIpc) is 3.59.